The molecule has 1 N–H and O–H groups in total. The number of ether oxygens (including phenoxy) is 1. The Bertz CT molecular complexity index is 1040. The lowest BCUT2D eigenvalue weighted by atomic mass is 10.1. The van der Waals surface area contributed by atoms with Crippen molar-refractivity contribution in [2.75, 3.05) is 16.9 Å². The van der Waals surface area contributed by atoms with Crippen LogP contribution in [0.2, 0.25) is 0 Å². The monoisotopic (exact) mass is 361 g/mol. The summed E-state index contributed by atoms with van der Waals surface area (Å²) in [6.45, 7) is 0. The second kappa shape index (κ2) is 6.24. The first-order valence-corrected chi connectivity index (χ1v) is 8.41. The van der Waals surface area contributed by atoms with E-state index in [1.807, 2.05) is 42.5 Å². The molecule has 3 aromatic carbocycles. The van der Waals surface area contributed by atoms with Gasteiger partial charge in [-0.15, -0.1) is 0 Å². The van der Waals surface area contributed by atoms with Crippen molar-refractivity contribution in [1.82, 2.24) is 0 Å². The molecular formula is C20H15N3O2S. The predicted molar refractivity (Wildman–Crippen MR) is 108 cm³/mol. The Morgan fingerprint density at radius 1 is 0.923 bits per heavy atom. The van der Waals surface area contributed by atoms with Crippen molar-refractivity contribution in [1.29, 1.82) is 5.41 Å². The van der Waals surface area contributed by atoms with E-state index in [1.54, 1.807) is 31.4 Å². The number of thiocarbonyl (C=S) groups is 1. The van der Waals surface area contributed by atoms with Crippen molar-refractivity contribution in [3.63, 3.8) is 0 Å². The van der Waals surface area contributed by atoms with Crippen LogP contribution in [-0.2, 0) is 0 Å². The Kier molecular flexibility index (Phi) is 3.89. The van der Waals surface area contributed by atoms with E-state index in [1.165, 1.54) is 9.80 Å². The van der Waals surface area contributed by atoms with Crippen LogP contribution in [0.4, 0.5) is 16.2 Å². The molecule has 1 fully saturated rings. The van der Waals surface area contributed by atoms with Gasteiger partial charge in [0.05, 0.1) is 18.5 Å². The number of fused-ring (bicyclic) bond motifs is 1. The third-order valence-electron chi connectivity index (χ3n) is 4.35. The standard InChI is InChI=1S/C20H15N3O2S/c1-25-15-11-9-14(10-12-15)22-19(26)18(21)23(20(22)24)17-8-4-6-13-5-2-3-7-16(13)17/h2-12,21H,1H3. The number of anilines is 2. The average Bonchev–Trinajstić information content (AvgIpc) is 2.90. The zero-order valence-electron chi connectivity index (χ0n) is 14.0. The van der Waals surface area contributed by atoms with Crippen molar-refractivity contribution in [2.45, 2.75) is 0 Å². The lowest BCUT2D eigenvalue weighted by Gasteiger charge is -2.19. The van der Waals surface area contributed by atoms with Crippen LogP contribution in [-0.4, -0.2) is 24.0 Å². The number of carbonyl (C=O) groups excluding carboxylic acids is 1. The maximum atomic E-state index is 13.1. The summed E-state index contributed by atoms with van der Waals surface area (Å²) < 4.78 is 5.16. The van der Waals surface area contributed by atoms with E-state index in [0.29, 0.717) is 17.1 Å². The first kappa shape index (κ1) is 16.2. The van der Waals surface area contributed by atoms with Gasteiger partial charge in [-0.1, -0.05) is 48.6 Å². The maximum absolute atomic E-state index is 13.1. The number of amidine groups is 1. The van der Waals surface area contributed by atoms with Gasteiger partial charge < -0.3 is 4.74 Å². The van der Waals surface area contributed by atoms with Crippen molar-refractivity contribution in [3.05, 3.63) is 66.7 Å². The van der Waals surface area contributed by atoms with E-state index >= 15 is 0 Å². The number of hydrogen-bond donors (Lipinski definition) is 1. The molecule has 0 aliphatic carbocycles. The molecule has 2 amide bonds. The molecular weight excluding hydrogens is 346 g/mol. The summed E-state index contributed by atoms with van der Waals surface area (Å²) in [5, 5.41) is 10.3. The van der Waals surface area contributed by atoms with Gasteiger partial charge in [0.1, 0.15) is 5.75 Å². The number of benzene rings is 3. The minimum Gasteiger partial charge on any atom is -0.497 e. The molecule has 1 saturated heterocycles. The molecule has 0 unspecified atom stereocenters. The fraction of sp³-hybridized carbons (Fsp3) is 0.0500. The molecule has 0 saturated carbocycles. The summed E-state index contributed by atoms with van der Waals surface area (Å²) >= 11 is 5.39. The van der Waals surface area contributed by atoms with Gasteiger partial charge in [-0.2, -0.15) is 0 Å². The van der Waals surface area contributed by atoms with Crippen LogP contribution < -0.4 is 14.5 Å². The summed E-state index contributed by atoms with van der Waals surface area (Å²) in [7, 11) is 1.58. The number of carbonyl (C=O) groups is 1. The average molecular weight is 361 g/mol. The fourth-order valence-electron chi connectivity index (χ4n) is 3.07. The number of amides is 2. The zero-order valence-corrected chi connectivity index (χ0v) is 14.8. The second-order valence-corrected chi connectivity index (χ2v) is 6.19. The van der Waals surface area contributed by atoms with Crippen LogP contribution in [0.1, 0.15) is 0 Å². The molecule has 26 heavy (non-hydrogen) atoms. The topological polar surface area (TPSA) is 56.6 Å². The highest BCUT2D eigenvalue weighted by molar-refractivity contribution is 7.82. The highest BCUT2D eigenvalue weighted by atomic mass is 32.1. The molecule has 4 rings (SSSR count). The Labute approximate surface area is 155 Å². The number of rotatable bonds is 3. The summed E-state index contributed by atoms with van der Waals surface area (Å²) in [6.07, 6.45) is 0. The third kappa shape index (κ3) is 2.43. The first-order chi connectivity index (χ1) is 12.6. The Hall–Kier alpha value is -3.25. The number of hydrogen-bond acceptors (Lipinski definition) is 4. The molecule has 0 aromatic heterocycles. The Morgan fingerprint density at radius 2 is 1.62 bits per heavy atom. The number of nitrogens with zero attached hydrogens (tertiary/aromatic N) is 2. The van der Waals surface area contributed by atoms with Gasteiger partial charge in [-0.05, 0) is 35.7 Å². The normalized spacial score (nSPS) is 14.4. The first-order valence-electron chi connectivity index (χ1n) is 8.00. The highest BCUT2D eigenvalue weighted by Gasteiger charge is 2.41. The third-order valence-corrected chi connectivity index (χ3v) is 4.73. The van der Waals surface area contributed by atoms with Crippen molar-refractivity contribution in [3.8, 4) is 5.75 Å². The Morgan fingerprint density at radius 3 is 2.35 bits per heavy atom. The van der Waals surface area contributed by atoms with E-state index in [4.69, 9.17) is 22.4 Å². The van der Waals surface area contributed by atoms with E-state index < -0.39 is 0 Å². The van der Waals surface area contributed by atoms with Crippen LogP contribution in [0.5, 0.6) is 5.75 Å². The van der Waals surface area contributed by atoms with E-state index in [-0.39, 0.29) is 16.9 Å². The van der Waals surface area contributed by atoms with Crippen LogP contribution in [0.15, 0.2) is 66.7 Å². The highest BCUT2D eigenvalue weighted by Crippen LogP contribution is 2.33. The van der Waals surface area contributed by atoms with Gasteiger partial charge in [0.2, 0.25) is 0 Å². The number of urea groups is 1. The molecule has 0 bridgehead atoms. The number of methoxy groups -OCH3 is 1. The molecule has 0 atom stereocenters. The summed E-state index contributed by atoms with van der Waals surface area (Å²) in [5.41, 5.74) is 1.25. The summed E-state index contributed by atoms with van der Waals surface area (Å²) in [6, 6.07) is 20.1. The largest absolute Gasteiger partial charge is 0.497 e. The minimum absolute atomic E-state index is 0.00262. The maximum Gasteiger partial charge on any atom is 0.340 e. The smallest absolute Gasteiger partial charge is 0.340 e. The SMILES string of the molecule is COc1ccc(N2C(=O)N(c3cccc4ccccc34)C(=N)C2=S)cc1. The van der Waals surface area contributed by atoms with Crippen LogP contribution in [0.25, 0.3) is 10.8 Å². The van der Waals surface area contributed by atoms with Gasteiger partial charge in [0, 0.05) is 5.39 Å². The molecule has 128 valence electrons. The molecule has 1 aliphatic rings. The molecule has 1 heterocycles. The van der Waals surface area contributed by atoms with Crippen molar-refractivity contribution < 1.29 is 9.53 Å². The summed E-state index contributed by atoms with van der Waals surface area (Å²) in [4.78, 5) is 16.0. The van der Waals surface area contributed by atoms with Crippen molar-refractivity contribution >= 4 is 51.2 Å². The molecule has 0 radical (unpaired) electrons. The quantitative estimate of drug-likeness (QED) is 0.694. The van der Waals surface area contributed by atoms with Gasteiger partial charge in [0.25, 0.3) is 0 Å². The molecule has 3 aromatic rings. The predicted octanol–water partition coefficient (Wildman–Crippen LogP) is 4.60. The summed E-state index contributed by atoms with van der Waals surface area (Å²) in [5.74, 6) is 0.685. The van der Waals surface area contributed by atoms with Gasteiger partial charge >= 0.3 is 6.03 Å². The van der Waals surface area contributed by atoms with Crippen molar-refractivity contribution in [2.24, 2.45) is 0 Å². The van der Waals surface area contributed by atoms with Gasteiger partial charge in [-0.25, -0.2) is 14.6 Å². The molecule has 1 aliphatic heterocycles. The molecule has 0 spiro atoms. The Balaban J connectivity index is 1.80. The fourth-order valence-corrected chi connectivity index (χ4v) is 3.34. The van der Waals surface area contributed by atoms with E-state index in [0.717, 1.165) is 10.8 Å². The zero-order chi connectivity index (χ0) is 18.3. The van der Waals surface area contributed by atoms with Gasteiger partial charge in [-0.3, -0.25) is 5.41 Å². The lowest BCUT2D eigenvalue weighted by Crippen LogP contribution is -2.33. The van der Waals surface area contributed by atoms with Crippen LogP contribution >= 0.6 is 12.2 Å². The number of nitrogens with one attached hydrogen (secondary N) is 1. The van der Waals surface area contributed by atoms with E-state index in [9.17, 15) is 4.79 Å². The van der Waals surface area contributed by atoms with Gasteiger partial charge in [0.15, 0.2) is 10.8 Å². The lowest BCUT2D eigenvalue weighted by molar-refractivity contribution is 0.257. The molecule has 5 nitrogen and oxygen atoms in total. The van der Waals surface area contributed by atoms with E-state index in [2.05, 4.69) is 0 Å². The van der Waals surface area contributed by atoms with Crippen LogP contribution in [0.3, 0.4) is 0 Å². The molecule has 6 heteroatoms. The second-order valence-electron chi connectivity index (χ2n) is 5.80. The minimum atomic E-state index is -0.360. The van der Waals surface area contributed by atoms with Crippen LogP contribution in [0, 0.1) is 5.41 Å².